The topological polar surface area (TPSA) is 61.0 Å². The Balaban J connectivity index is 2.19. The van der Waals surface area contributed by atoms with Gasteiger partial charge in [0.05, 0.1) is 22.6 Å². The van der Waals surface area contributed by atoms with E-state index in [0.717, 1.165) is 15.7 Å². The molecule has 0 spiro atoms. The van der Waals surface area contributed by atoms with E-state index in [2.05, 4.69) is 25.9 Å². The molecule has 0 saturated heterocycles. The number of benzene rings is 1. The van der Waals surface area contributed by atoms with Gasteiger partial charge in [-0.3, -0.25) is 4.98 Å². The summed E-state index contributed by atoms with van der Waals surface area (Å²) in [6.45, 7) is 2.39. The van der Waals surface area contributed by atoms with E-state index >= 15 is 0 Å². The van der Waals surface area contributed by atoms with Crippen LogP contribution < -0.4 is 10.5 Å². The highest BCUT2D eigenvalue weighted by Gasteiger charge is 2.04. The molecule has 0 aliphatic rings. The van der Waals surface area contributed by atoms with Gasteiger partial charge in [0.15, 0.2) is 0 Å². The van der Waals surface area contributed by atoms with Crippen LogP contribution in [0.3, 0.4) is 0 Å². The molecular weight excluding hydrogens is 282 g/mol. The molecule has 88 valence electrons. The summed E-state index contributed by atoms with van der Waals surface area (Å²) in [6, 6.07) is 5.84. The Morgan fingerprint density at radius 1 is 1.29 bits per heavy atom. The summed E-state index contributed by atoms with van der Waals surface area (Å²) in [5.41, 5.74) is 7.34. The highest BCUT2D eigenvalue weighted by Crippen LogP contribution is 2.29. The molecule has 2 rings (SSSR count). The van der Waals surface area contributed by atoms with Gasteiger partial charge in [-0.2, -0.15) is 0 Å². The molecule has 1 heterocycles. The average molecular weight is 294 g/mol. The van der Waals surface area contributed by atoms with E-state index in [1.165, 1.54) is 0 Å². The van der Waals surface area contributed by atoms with E-state index in [-0.39, 0.29) is 0 Å². The number of rotatable bonds is 3. The Morgan fingerprint density at radius 2 is 2.12 bits per heavy atom. The Bertz CT molecular complexity index is 514. The van der Waals surface area contributed by atoms with Gasteiger partial charge in [-0.15, -0.1) is 0 Å². The van der Waals surface area contributed by atoms with Crippen LogP contribution in [0.15, 0.2) is 35.1 Å². The van der Waals surface area contributed by atoms with Gasteiger partial charge in [0.1, 0.15) is 5.75 Å². The third kappa shape index (κ3) is 3.01. The first kappa shape index (κ1) is 12.0. The van der Waals surface area contributed by atoms with Gasteiger partial charge in [-0.1, -0.05) is 6.07 Å². The molecule has 0 bridgehead atoms. The van der Waals surface area contributed by atoms with E-state index in [0.29, 0.717) is 18.2 Å². The maximum atomic E-state index is 5.60. The molecule has 0 aliphatic carbocycles. The monoisotopic (exact) mass is 293 g/mol. The van der Waals surface area contributed by atoms with Crippen LogP contribution >= 0.6 is 15.9 Å². The molecule has 0 aliphatic heterocycles. The van der Waals surface area contributed by atoms with Gasteiger partial charge in [-0.25, -0.2) is 4.98 Å². The lowest BCUT2D eigenvalue weighted by atomic mass is 10.2. The number of aryl methyl sites for hydroxylation is 1. The highest BCUT2D eigenvalue weighted by molar-refractivity contribution is 9.10. The minimum Gasteiger partial charge on any atom is -0.436 e. The van der Waals surface area contributed by atoms with Crippen LogP contribution in [-0.2, 0) is 6.54 Å². The Labute approximate surface area is 108 Å². The fraction of sp³-hybridized carbons (Fsp3) is 0.167. The second-order valence-electron chi connectivity index (χ2n) is 3.59. The second-order valence-corrected chi connectivity index (χ2v) is 4.44. The van der Waals surface area contributed by atoms with Crippen molar-refractivity contribution < 1.29 is 4.74 Å². The van der Waals surface area contributed by atoms with Crippen molar-refractivity contribution in [1.29, 1.82) is 0 Å². The van der Waals surface area contributed by atoms with Crippen molar-refractivity contribution in [3.63, 3.8) is 0 Å². The second kappa shape index (κ2) is 5.25. The summed E-state index contributed by atoms with van der Waals surface area (Å²) >= 11 is 3.44. The van der Waals surface area contributed by atoms with Crippen molar-refractivity contribution in [2.24, 2.45) is 5.73 Å². The van der Waals surface area contributed by atoms with Crippen molar-refractivity contribution in [3.05, 3.63) is 46.3 Å². The van der Waals surface area contributed by atoms with Gasteiger partial charge in [0.25, 0.3) is 0 Å². The molecule has 2 N–H and O–H groups in total. The van der Waals surface area contributed by atoms with E-state index < -0.39 is 0 Å². The zero-order valence-corrected chi connectivity index (χ0v) is 10.9. The summed E-state index contributed by atoms with van der Waals surface area (Å²) in [7, 11) is 0. The molecule has 4 nitrogen and oxygen atoms in total. The minimum absolute atomic E-state index is 0.376. The quantitative estimate of drug-likeness (QED) is 0.945. The Hall–Kier alpha value is -1.46. The third-order valence-corrected chi connectivity index (χ3v) is 2.81. The molecule has 0 fully saturated rings. The summed E-state index contributed by atoms with van der Waals surface area (Å²) in [6.07, 6.45) is 3.17. The van der Waals surface area contributed by atoms with Crippen LogP contribution in [0.25, 0.3) is 0 Å². The van der Waals surface area contributed by atoms with E-state index in [1.807, 2.05) is 25.1 Å². The Kier molecular flexibility index (Phi) is 3.71. The first-order chi connectivity index (χ1) is 8.19. The number of hydrogen-bond acceptors (Lipinski definition) is 4. The normalized spacial score (nSPS) is 10.3. The average Bonchev–Trinajstić information content (AvgIpc) is 2.34. The van der Waals surface area contributed by atoms with Gasteiger partial charge in [0.2, 0.25) is 5.88 Å². The zero-order chi connectivity index (χ0) is 12.3. The summed E-state index contributed by atoms with van der Waals surface area (Å²) < 4.78 is 6.49. The molecule has 2 aromatic rings. The van der Waals surface area contributed by atoms with E-state index in [1.54, 1.807) is 12.4 Å². The first-order valence-electron chi connectivity index (χ1n) is 5.14. The van der Waals surface area contributed by atoms with Crippen molar-refractivity contribution in [3.8, 4) is 11.6 Å². The number of halogens is 1. The lowest BCUT2D eigenvalue weighted by Gasteiger charge is -2.07. The molecule has 0 saturated carbocycles. The lowest BCUT2D eigenvalue weighted by molar-refractivity contribution is 0.456. The molecule has 0 unspecified atom stereocenters. The standard InChI is InChI=1S/C12H12BrN3O/c1-8-2-3-11(10(13)4-8)17-12-7-15-9(5-14)6-16-12/h2-4,6-7H,5,14H2,1H3. The third-order valence-electron chi connectivity index (χ3n) is 2.19. The van der Waals surface area contributed by atoms with Crippen LogP contribution in [-0.4, -0.2) is 9.97 Å². The minimum atomic E-state index is 0.376. The number of ether oxygens (including phenoxy) is 1. The predicted molar refractivity (Wildman–Crippen MR) is 68.9 cm³/mol. The smallest absolute Gasteiger partial charge is 0.237 e. The van der Waals surface area contributed by atoms with Gasteiger partial charge < -0.3 is 10.5 Å². The number of aromatic nitrogens is 2. The number of nitrogens with two attached hydrogens (primary N) is 1. The van der Waals surface area contributed by atoms with Crippen LogP contribution in [0.2, 0.25) is 0 Å². The van der Waals surface area contributed by atoms with Crippen molar-refractivity contribution in [1.82, 2.24) is 9.97 Å². The Morgan fingerprint density at radius 3 is 2.71 bits per heavy atom. The number of nitrogens with zero attached hydrogens (tertiary/aromatic N) is 2. The van der Waals surface area contributed by atoms with Crippen molar-refractivity contribution in [2.45, 2.75) is 13.5 Å². The lowest BCUT2D eigenvalue weighted by Crippen LogP contribution is -2.00. The van der Waals surface area contributed by atoms with Crippen LogP contribution in [0.1, 0.15) is 11.3 Å². The fourth-order valence-electron chi connectivity index (χ4n) is 1.30. The largest absolute Gasteiger partial charge is 0.436 e. The van der Waals surface area contributed by atoms with Gasteiger partial charge in [-0.05, 0) is 40.5 Å². The predicted octanol–water partition coefficient (Wildman–Crippen LogP) is 2.80. The first-order valence-corrected chi connectivity index (χ1v) is 5.93. The summed E-state index contributed by atoms with van der Waals surface area (Å²) in [5.74, 6) is 1.16. The summed E-state index contributed by atoms with van der Waals surface area (Å²) in [5, 5.41) is 0. The SMILES string of the molecule is Cc1ccc(Oc2cnc(CN)cn2)c(Br)c1. The molecule has 0 atom stereocenters. The molecule has 5 heteroatoms. The van der Waals surface area contributed by atoms with Gasteiger partial charge in [0, 0.05) is 6.54 Å². The van der Waals surface area contributed by atoms with E-state index in [9.17, 15) is 0 Å². The van der Waals surface area contributed by atoms with Crippen LogP contribution in [0, 0.1) is 6.92 Å². The van der Waals surface area contributed by atoms with Crippen molar-refractivity contribution >= 4 is 15.9 Å². The molecule has 0 radical (unpaired) electrons. The van der Waals surface area contributed by atoms with E-state index in [4.69, 9.17) is 10.5 Å². The molecular formula is C12H12BrN3O. The molecule has 1 aromatic carbocycles. The van der Waals surface area contributed by atoms with Crippen LogP contribution in [0.4, 0.5) is 0 Å². The maximum absolute atomic E-state index is 5.60. The molecule has 1 aromatic heterocycles. The molecule has 17 heavy (non-hydrogen) atoms. The zero-order valence-electron chi connectivity index (χ0n) is 9.35. The molecule has 0 amide bonds. The highest BCUT2D eigenvalue weighted by atomic mass is 79.9. The summed E-state index contributed by atoms with van der Waals surface area (Å²) in [4.78, 5) is 8.24. The maximum Gasteiger partial charge on any atom is 0.237 e. The van der Waals surface area contributed by atoms with Gasteiger partial charge >= 0.3 is 0 Å². The number of hydrogen-bond donors (Lipinski definition) is 1. The van der Waals surface area contributed by atoms with Crippen LogP contribution in [0.5, 0.6) is 11.6 Å². The van der Waals surface area contributed by atoms with Crippen molar-refractivity contribution in [2.75, 3.05) is 0 Å². The fourth-order valence-corrected chi connectivity index (χ4v) is 1.88.